The Morgan fingerprint density at radius 1 is 1.15 bits per heavy atom. The van der Waals surface area contributed by atoms with Crippen molar-refractivity contribution >= 4 is 17.4 Å². The number of hydrogen-bond donors (Lipinski definition) is 0. The van der Waals surface area contributed by atoms with Crippen molar-refractivity contribution in [3.63, 3.8) is 0 Å². The summed E-state index contributed by atoms with van der Waals surface area (Å²) in [5.41, 5.74) is 3.45. The fourth-order valence-electron chi connectivity index (χ4n) is 2.32. The zero-order valence-electron chi connectivity index (χ0n) is 12.1. The van der Waals surface area contributed by atoms with E-state index in [9.17, 15) is 4.79 Å². The molecule has 0 saturated carbocycles. The molecule has 2 aromatic carbocycles. The second-order valence-corrected chi connectivity index (χ2v) is 5.95. The Morgan fingerprint density at radius 2 is 1.85 bits per heavy atom. The van der Waals surface area contributed by atoms with Gasteiger partial charge >= 0.3 is 0 Å². The third kappa shape index (κ3) is 3.29. The number of benzene rings is 2. The lowest BCUT2D eigenvalue weighted by Gasteiger charge is -2.09. The van der Waals surface area contributed by atoms with Crippen molar-refractivity contribution < 1.29 is 4.79 Å². The quantitative estimate of drug-likeness (QED) is 0.717. The van der Waals surface area contributed by atoms with Crippen LogP contribution in [0.2, 0.25) is 5.02 Å². The Bertz CT molecular complexity index is 629. The molecule has 1 nitrogen and oxygen atoms in total. The third-order valence-electron chi connectivity index (χ3n) is 3.35. The van der Waals surface area contributed by atoms with E-state index >= 15 is 0 Å². The minimum Gasteiger partial charge on any atom is -0.289 e. The summed E-state index contributed by atoms with van der Waals surface area (Å²) >= 11 is 6.09. The lowest BCUT2D eigenvalue weighted by Crippen LogP contribution is -2.05. The van der Waals surface area contributed by atoms with E-state index in [0.29, 0.717) is 16.5 Å². The van der Waals surface area contributed by atoms with E-state index < -0.39 is 0 Å². The Kier molecular flexibility index (Phi) is 4.61. The zero-order chi connectivity index (χ0) is 14.7. The van der Waals surface area contributed by atoms with Crippen molar-refractivity contribution in [3.05, 3.63) is 69.7 Å². The number of rotatable bonds is 4. The third-order valence-corrected chi connectivity index (χ3v) is 3.75. The fraction of sp³-hybridized carbons (Fsp3) is 0.278. The van der Waals surface area contributed by atoms with Gasteiger partial charge in [-0.15, -0.1) is 0 Å². The molecular formula is C18H19ClO. The highest BCUT2D eigenvalue weighted by Crippen LogP contribution is 2.22. The average molecular weight is 287 g/mol. The molecule has 0 aliphatic carbocycles. The highest BCUT2D eigenvalue weighted by molar-refractivity contribution is 6.32. The van der Waals surface area contributed by atoms with E-state index in [1.54, 1.807) is 0 Å². The van der Waals surface area contributed by atoms with Crippen LogP contribution in [0.15, 0.2) is 42.5 Å². The molecule has 0 N–H and O–H groups in total. The lowest BCUT2D eigenvalue weighted by molar-refractivity contribution is 0.103. The summed E-state index contributed by atoms with van der Waals surface area (Å²) in [5.74, 6) is 0.615. The molecule has 0 amide bonds. The molecule has 0 fully saturated rings. The number of ketones is 1. The van der Waals surface area contributed by atoms with Crippen molar-refractivity contribution in [2.75, 3.05) is 0 Å². The second kappa shape index (κ2) is 6.23. The molecule has 0 aliphatic rings. The molecule has 0 bridgehead atoms. The highest BCUT2D eigenvalue weighted by Gasteiger charge is 2.13. The molecule has 0 atom stereocenters. The van der Waals surface area contributed by atoms with Gasteiger partial charge in [0.05, 0.1) is 0 Å². The standard InChI is InChI=1S/C18H19ClO/c1-12(2)10-14-6-4-7-15(11-14)18(20)16-8-5-9-17(19)13(16)3/h4-9,11-12H,10H2,1-3H3. The zero-order valence-corrected chi connectivity index (χ0v) is 12.9. The normalized spacial score (nSPS) is 10.8. The Labute approximate surface area is 125 Å². The van der Waals surface area contributed by atoms with Crippen molar-refractivity contribution in [2.24, 2.45) is 5.92 Å². The van der Waals surface area contributed by atoms with Crippen LogP contribution in [0, 0.1) is 12.8 Å². The minimum atomic E-state index is 0.0376. The van der Waals surface area contributed by atoms with E-state index in [4.69, 9.17) is 11.6 Å². The molecule has 2 aromatic rings. The van der Waals surface area contributed by atoms with Crippen molar-refractivity contribution in [2.45, 2.75) is 27.2 Å². The lowest BCUT2D eigenvalue weighted by atomic mass is 9.95. The Morgan fingerprint density at radius 3 is 2.55 bits per heavy atom. The van der Waals surface area contributed by atoms with Crippen LogP contribution in [0.3, 0.4) is 0 Å². The molecule has 0 saturated heterocycles. The van der Waals surface area contributed by atoms with Gasteiger partial charge in [0.15, 0.2) is 5.78 Å². The highest BCUT2D eigenvalue weighted by atomic mass is 35.5. The first-order chi connectivity index (χ1) is 9.49. The maximum atomic E-state index is 12.6. The fourth-order valence-corrected chi connectivity index (χ4v) is 2.49. The van der Waals surface area contributed by atoms with Crippen LogP contribution in [0.4, 0.5) is 0 Å². The van der Waals surface area contributed by atoms with Crippen LogP contribution in [0.25, 0.3) is 0 Å². The van der Waals surface area contributed by atoms with Crippen molar-refractivity contribution in [3.8, 4) is 0 Å². The molecule has 0 heterocycles. The van der Waals surface area contributed by atoms with Gasteiger partial charge in [-0.05, 0) is 42.5 Å². The van der Waals surface area contributed by atoms with Gasteiger partial charge in [-0.25, -0.2) is 0 Å². The maximum Gasteiger partial charge on any atom is 0.193 e. The number of halogens is 1. The Balaban J connectivity index is 2.36. The molecule has 104 valence electrons. The summed E-state index contributed by atoms with van der Waals surface area (Å²) < 4.78 is 0. The summed E-state index contributed by atoms with van der Waals surface area (Å²) in [5, 5.41) is 0.634. The maximum absolute atomic E-state index is 12.6. The van der Waals surface area contributed by atoms with Crippen LogP contribution in [-0.2, 0) is 6.42 Å². The predicted molar refractivity (Wildman–Crippen MR) is 84.6 cm³/mol. The molecule has 0 spiro atoms. The minimum absolute atomic E-state index is 0.0376. The van der Waals surface area contributed by atoms with Gasteiger partial charge in [0.25, 0.3) is 0 Å². The molecule has 0 radical (unpaired) electrons. The average Bonchev–Trinajstić information content (AvgIpc) is 2.41. The smallest absolute Gasteiger partial charge is 0.193 e. The molecule has 0 aromatic heterocycles. The monoisotopic (exact) mass is 286 g/mol. The molecule has 20 heavy (non-hydrogen) atoms. The summed E-state index contributed by atoms with van der Waals surface area (Å²) in [4.78, 5) is 12.6. The summed E-state index contributed by atoms with van der Waals surface area (Å²) in [6.45, 7) is 6.23. The van der Waals surface area contributed by atoms with E-state index in [1.807, 2.05) is 43.3 Å². The number of hydrogen-bond acceptors (Lipinski definition) is 1. The van der Waals surface area contributed by atoms with Gasteiger partial charge in [0.2, 0.25) is 0 Å². The van der Waals surface area contributed by atoms with E-state index in [0.717, 1.165) is 17.5 Å². The number of carbonyl (C=O) groups excluding carboxylic acids is 1. The molecule has 0 unspecified atom stereocenters. The first-order valence-corrected chi connectivity index (χ1v) is 7.25. The summed E-state index contributed by atoms with van der Waals surface area (Å²) in [6.07, 6.45) is 0.982. The van der Waals surface area contributed by atoms with E-state index in [-0.39, 0.29) is 5.78 Å². The Hall–Kier alpha value is -1.60. The van der Waals surface area contributed by atoms with Crippen LogP contribution in [0.1, 0.15) is 40.9 Å². The number of carbonyl (C=O) groups is 1. The summed E-state index contributed by atoms with van der Waals surface area (Å²) in [6, 6.07) is 13.3. The van der Waals surface area contributed by atoms with Crippen LogP contribution >= 0.6 is 11.6 Å². The van der Waals surface area contributed by atoms with Gasteiger partial charge < -0.3 is 0 Å². The molecule has 2 rings (SSSR count). The van der Waals surface area contributed by atoms with Crippen molar-refractivity contribution in [1.29, 1.82) is 0 Å². The largest absolute Gasteiger partial charge is 0.289 e. The first-order valence-electron chi connectivity index (χ1n) is 6.87. The predicted octanol–water partition coefficient (Wildman–Crippen LogP) is 5.08. The van der Waals surface area contributed by atoms with E-state index in [2.05, 4.69) is 19.9 Å². The van der Waals surface area contributed by atoms with Gasteiger partial charge in [-0.2, -0.15) is 0 Å². The van der Waals surface area contributed by atoms with Crippen LogP contribution in [-0.4, -0.2) is 5.78 Å². The van der Waals surface area contributed by atoms with Gasteiger partial charge in [0, 0.05) is 16.1 Å². The van der Waals surface area contributed by atoms with Crippen LogP contribution in [0.5, 0.6) is 0 Å². The van der Waals surface area contributed by atoms with Crippen LogP contribution < -0.4 is 0 Å². The topological polar surface area (TPSA) is 17.1 Å². The van der Waals surface area contributed by atoms with Gasteiger partial charge in [-0.3, -0.25) is 4.79 Å². The first kappa shape index (κ1) is 14.8. The molecule has 0 aliphatic heterocycles. The summed E-state index contributed by atoms with van der Waals surface area (Å²) in [7, 11) is 0. The van der Waals surface area contributed by atoms with E-state index in [1.165, 1.54) is 5.56 Å². The SMILES string of the molecule is Cc1c(Cl)cccc1C(=O)c1cccc(CC(C)C)c1. The second-order valence-electron chi connectivity index (χ2n) is 5.54. The van der Waals surface area contributed by atoms with Gasteiger partial charge in [-0.1, -0.05) is 55.8 Å². The molecular weight excluding hydrogens is 268 g/mol. The van der Waals surface area contributed by atoms with Gasteiger partial charge in [0.1, 0.15) is 0 Å². The molecule has 2 heteroatoms. The van der Waals surface area contributed by atoms with Crippen molar-refractivity contribution in [1.82, 2.24) is 0 Å².